The van der Waals surface area contributed by atoms with Gasteiger partial charge in [-0.25, -0.2) is 4.79 Å². The molecule has 142 valence electrons. The van der Waals surface area contributed by atoms with Crippen molar-refractivity contribution >= 4 is 5.97 Å². The van der Waals surface area contributed by atoms with Gasteiger partial charge in [-0.2, -0.15) is 0 Å². The predicted molar refractivity (Wildman–Crippen MR) is 108 cm³/mol. The Bertz CT molecular complexity index is 1050. The van der Waals surface area contributed by atoms with Gasteiger partial charge < -0.3 is 14.6 Å². The highest BCUT2D eigenvalue weighted by Crippen LogP contribution is 2.48. The summed E-state index contributed by atoms with van der Waals surface area (Å²) in [6, 6.07) is 17.8. The summed E-state index contributed by atoms with van der Waals surface area (Å²) in [5.74, 6) is 0.309. The molecule has 0 aliphatic heterocycles. The number of phenols is 1. The third-order valence-electron chi connectivity index (χ3n) is 5.54. The van der Waals surface area contributed by atoms with Crippen LogP contribution in [0, 0.1) is 6.92 Å². The third kappa shape index (κ3) is 2.82. The van der Waals surface area contributed by atoms with Crippen LogP contribution in [0.3, 0.4) is 0 Å². The van der Waals surface area contributed by atoms with Crippen molar-refractivity contribution in [3.63, 3.8) is 0 Å². The lowest BCUT2D eigenvalue weighted by molar-refractivity contribution is 0.0598. The van der Waals surface area contributed by atoms with Gasteiger partial charge in [-0.05, 0) is 59.4 Å². The van der Waals surface area contributed by atoms with Crippen LogP contribution in [0.5, 0.6) is 11.5 Å². The molecule has 0 heterocycles. The first kappa shape index (κ1) is 18.1. The smallest absolute Gasteiger partial charge is 0.342 e. The van der Waals surface area contributed by atoms with Crippen LogP contribution in [0.2, 0.25) is 0 Å². The van der Waals surface area contributed by atoms with Crippen LogP contribution in [0.4, 0.5) is 0 Å². The Labute approximate surface area is 164 Å². The second-order valence-corrected chi connectivity index (χ2v) is 7.05. The summed E-state index contributed by atoms with van der Waals surface area (Å²) in [5.41, 5.74) is 6.21. The molecule has 3 aromatic rings. The second-order valence-electron chi connectivity index (χ2n) is 7.05. The number of carbonyl (C=O) groups is 1. The highest BCUT2D eigenvalue weighted by atomic mass is 16.5. The minimum absolute atomic E-state index is 0.0528. The Morgan fingerprint density at radius 2 is 1.82 bits per heavy atom. The van der Waals surface area contributed by atoms with E-state index in [4.69, 9.17) is 9.47 Å². The van der Waals surface area contributed by atoms with Gasteiger partial charge in [-0.3, -0.25) is 0 Å². The van der Waals surface area contributed by atoms with Gasteiger partial charge >= 0.3 is 5.97 Å². The number of ether oxygens (including phenoxy) is 2. The first-order valence-electron chi connectivity index (χ1n) is 9.22. The molecule has 4 nitrogen and oxygen atoms in total. The molecule has 1 aliphatic rings. The molecule has 1 aliphatic carbocycles. The molecule has 1 atom stereocenters. The third-order valence-corrected chi connectivity index (χ3v) is 5.54. The molecule has 4 heteroatoms. The Morgan fingerprint density at radius 3 is 2.50 bits per heavy atom. The van der Waals surface area contributed by atoms with Crippen LogP contribution in [-0.2, 0) is 11.2 Å². The van der Waals surface area contributed by atoms with Gasteiger partial charge in [0, 0.05) is 11.5 Å². The Hall–Kier alpha value is -3.27. The van der Waals surface area contributed by atoms with E-state index in [0.717, 1.165) is 40.0 Å². The fraction of sp³-hybridized carbons (Fsp3) is 0.208. The number of hydrogen-bond acceptors (Lipinski definition) is 4. The average molecular weight is 374 g/mol. The Kier molecular flexibility index (Phi) is 4.55. The SMILES string of the molecule is COC(=O)c1c(O)cc(C)c2c1-c1ccc(OC)cc1C(c1ccccc1)C2. The van der Waals surface area contributed by atoms with Gasteiger partial charge in [0.2, 0.25) is 0 Å². The maximum Gasteiger partial charge on any atom is 0.342 e. The number of esters is 1. The number of methoxy groups -OCH3 is 2. The van der Waals surface area contributed by atoms with E-state index >= 15 is 0 Å². The van der Waals surface area contributed by atoms with Gasteiger partial charge in [0.25, 0.3) is 0 Å². The van der Waals surface area contributed by atoms with Gasteiger partial charge in [0.15, 0.2) is 0 Å². The van der Waals surface area contributed by atoms with Crippen LogP contribution in [0.1, 0.15) is 38.5 Å². The van der Waals surface area contributed by atoms with E-state index in [0.29, 0.717) is 0 Å². The molecular formula is C24H22O4. The van der Waals surface area contributed by atoms with Crippen molar-refractivity contribution in [1.82, 2.24) is 0 Å². The van der Waals surface area contributed by atoms with Crippen molar-refractivity contribution in [2.24, 2.45) is 0 Å². The summed E-state index contributed by atoms with van der Waals surface area (Å²) in [6.07, 6.45) is 0.732. The maximum absolute atomic E-state index is 12.5. The molecule has 4 rings (SSSR count). The minimum Gasteiger partial charge on any atom is -0.507 e. The first-order chi connectivity index (χ1) is 13.5. The summed E-state index contributed by atoms with van der Waals surface area (Å²) >= 11 is 0. The average Bonchev–Trinajstić information content (AvgIpc) is 2.73. The molecular weight excluding hydrogens is 352 g/mol. The van der Waals surface area contributed by atoms with Gasteiger partial charge in [0.1, 0.15) is 17.1 Å². The largest absolute Gasteiger partial charge is 0.507 e. The number of benzene rings is 3. The summed E-state index contributed by atoms with van der Waals surface area (Å²) < 4.78 is 10.4. The monoisotopic (exact) mass is 374 g/mol. The molecule has 0 amide bonds. The highest BCUT2D eigenvalue weighted by Gasteiger charge is 2.32. The number of phenolic OH excluding ortho intramolecular Hbond substituents is 1. The van der Waals surface area contributed by atoms with Gasteiger partial charge in [-0.15, -0.1) is 0 Å². The zero-order valence-corrected chi connectivity index (χ0v) is 16.2. The van der Waals surface area contributed by atoms with E-state index in [2.05, 4.69) is 12.1 Å². The number of aromatic hydroxyl groups is 1. The zero-order chi connectivity index (χ0) is 19.8. The van der Waals surface area contributed by atoms with E-state index in [1.165, 1.54) is 12.7 Å². The lowest BCUT2D eigenvalue weighted by Crippen LogP contribution is -2.17. The number of hydrogen-bond donors (Lipinski definition) is 1. The molecule has 0 radical (unpaired) electrons. The molecule has 0 spiro atoms. The van der Waals surface area contributed by atoms with Crippen molar-refractivity contribution in [3.05, 3.63) is 82.4 Å². The summed E-state index contributed by atoms with van der Waals surface area (Å²) in [6.45, 7) is 1.97. The van der Waals surface area contributed by atoms with Crippen molar-refractivity contribution < 1.29 is 19.4 Å². The topological polar surface area (TPSA) is 55.8 Å². The summed E-state index contributed by atoms with van der Waals surface area (Å²) in [7, 11) is 2.98. The van der Waals surface area contributed by atoms with Gasteiger partial charge in [0.05, 0.1) is 14.2 Å². The van der Waals surface area contributed by atoms with Crippen LogP contribution < -0.4 is 4.74 Å². The first-order valence-corrected chi connectivity index (χ1v) is 9.22. The molecule has 3 aromatic carbocycles. The number of carbonyl (C=O) groups excluding carboxylic acids is 1. The Balaban J connectivity index is 2.04. The highest BCUT2D eigenvalue weighted by molar-refractivity contribution is 6.02. The predicted octanol–water partition coefficient (Wildman–Crippen LogP) is 4.85. The van der Waals surface area contributed by atoms with E-state index in [9.17, 15) is 9.90 Å². The summed E-state index contributed by atoms with van der Waals surface area (Å²) in [5, 5.41) is 10.5. The van der Waals surface area contributed by atoms with Gasteiger partial charge in [-0.1, -0.05) is 36.4 Å². The lowest BCUT2D eigenvalue weighted by atomic mass is 9.73. The maximum atomic E-state index is 12.5. The van der Waals surface area contributed by atoms with Crippen molar-refractivity contribution in [3.8, 4) is 22.6 Å². The lowest BCUT2D eigenvalue weighted by Gasteiger charge is -2.31. The van der Waals surface area contributed by atoms with E-state index in [1.807, 2.05) is 43.3 Å². The second kappa shape index (κ2) is 7.04. The fourth-order valence-corrected chi connectivity index (χ4v) is 4.19. The number of rotatable bonds is 3. The zero-order valence-electron chi connectivity index (χ0n) is 16.2. The molecule has 0 saturated carbocycles. The molecule has 28 heavy (non-hydrogen) atoms. The standard InChI is InChI=1S/C24H22O4/c1-14-11-21(25)23(24(26)28-3)22-17-10-9-16(27-2)12-20(17)19(13-18(14)22)15-7-5-4-6-8-15/h4-12,19,25H,13H2,1-3H3. The quantitative estimate of drug-likeness (QED) is 0.666. The van der Waals surface area contributed by atoms with Crippen molar-refractivity contribution in [1.29, 1.82) is 0 Å². The summed E-state index contributed by atoms with van der Waals surface area (Å²) in [4.78, 5) is 12.5. The molecule has 0 fully saturated rings. The molecule has 0 aromatic heterocycles. The molecule has 1 N–H and O–H groups in total. The molecule has 0 saturated heterocycles. The van der Waals surface area contributed by atoms with Crippen LogP contribution >= 0.6 is 0 Å². The number of fused-ring (bicyclic) bond motifs is 3. The molecule has 0 bridgehead atoms. The van der Waals surface area contributed by atoms with E-state index < -0.39 is 5.97 Å². The van der Waals surface area contributed by atoms with Crippen molar-refractivity contribution in [2.75, 3.05) is 14.2 Å². The fourth-order valence-electron chi connectivity index (χ4n) is 4.19. The normalized spacial score (nSPS) is 14.8. The number of aryl methyl sites for hydroxylation is 1. The van der Waals surface area contributed by atoms with Crippen molar-refractivity contribution in [2.45, 2.75) is 19.3 Å². The van der Waals surface area contributed by atoms with Crippen LogP contribution in [-0.4, -0.2) is 25.3 Å². The molecule has 1 unspecified atom stereocenters. The van der Waals surface area contributed by atoms with E-state index in [1.54, 1.807) is 13.2 Å². The Morgan fingerprint density at radius 1 is 1.07 bits per heavy atom. The van der Waals surface area contributed by atoms with Crippen LogP contribution in [0.25, 0.3) is 11.1 Å². The van der Waals surface area contributed by atoms with E-state index in [-0.39, 0.29) is 17.2 Å². The minimum atomic E-state index is -0.534. The van der Waals surface area contributed by atoms with Crippen LogP contribution in [0.15, 0.2) is 54.6 Å².